The van der Waals surface area contributed by atoms with E-state index in [2.05, 4.69) is 31.8 Å². The van der Waals surface area contributed by atoms with Gasteiger partial charge >= 0.3 is 17.8 Å². The maximum Gasteiger partial charge on any atom is 0.344 e. The minimum absolute atomic E-state index is 0.257. The van der Waals surface area contributed by atoms with E-state index in [-0.39, 0.29) is 5.75 Å². The van der Waals surface area contributed by atoms with Gasteiger partial charge in [0.15, 0.2) is 0 Å². The van der Waals surface area contributed by atoms with E-state index in [1.165, 1.54) is 0 Å². The van der Waals surface area contributed by atoms with Crippen LogP contribution in [-0.4, -0.2) is 23.5 Å². The fourth-order valence-electron chi connectivity index (χ4n) is 2.80. The third-order valence-corrected chi connectivity index (χ3v) is 5.72. The number of nitrogens with zero attached hydrogens (tertiary/aromatic N) is 1. The molecule has 3 aromatic carbocycles. The van der Waals surface area contributed by atoms with Gasteiger partial charge in [-0.25, -0.2) is 10.2 Å². The molecule has 2 N–H and O–H groups in total. The molecule has 0 aliphatic heterocycles. The molecule has 0 spiro atoms. The summed E-state index contributed by atoms with van der Waals surface area (Å²) in [6.07, 6.45) is 0. The van der Waals surface area contributed by atoms with E-state index in [9.17, 15) is 14.4 Å². The summed E-state index contributed by atoms with van der Waals surface area (Å²) < 4.78 is 6.14. The number of rotatable bonds is 5. The van der Waals surface area contributed by atoms with Crippen LogP contribution in [0, 0.1) is 6.92 Å². The second kappa shape index (κ2) is 10.9. The number of hydrazone groups is 1. The van der Waals surface area contributed by atoms with Gasteiger partial charge in [-0.2, -0.15) is 5.10 Å². The summed E-state index contributed by atoms with van der Waals surface area (Å²) in [7, 11) is 0. The fourth-order valence-corrected chi connectivity index (χ4v) is 3.42. The second-order valence-electron chi connectivity index (χ2n) is 6.87. The lowest BCUT2D eigenvalue weighted by Gasteiger charge is -2.11. The topological polar surface area (TPSA) is 96.9 Å². The van der Waals surface area contributed by atoms with Crippen molar-refractivity contribution in [2.45, 2.75) is 13.8 Å². The minimum atomic E-state index is -0.962. The first-order chi connectivity index (χ1) is 15.8. The number of carbonyl (C=O) groups is 3. The van der Waals surface area contributed by atoms with Gasteiger partial charge in [-0.3, -0.25) is 9.59 Å². The molecule has 0 aliphatic carbocycles. The highest BCUT2D eigenvalue weighted by Gasteiger charge is 2.17. The van der Waals surface area contributed by atoms with Gasteiger partial charge in [0.05, 0.1) is 11.3 Å². The third-order valence-electron chi connectivity index (χ3n) is 4.62. The van der Waals surface area contributed by atoms with Crippen molar-refractivity contribution in [3.63, 3.8) is 0 Å². The molecule has 0 bridgehead atoms. The molecule has 0 heterocycles. The zero-order valence-corrected chi connectivity index (χ0v) is 20.0. The molecule has 3 aromatic rings. The molecule has 168 valence electrons. The maximum absolute atomic E-state index is 12.6. The summed E-state index contributed by atoms with van der Waals surface area (Å²) in [6.45, 7) is 3.34. The van der Waals surface area contributed by atoms with Crippen molar-refractivity contribution in [3.05, 3.63) is 92.9 Å². The number of para-hydroxylation sites is 1. The van der Waals surface area contributed by atoms with Gasteiger partial charge in [0.25, 0.3) is 0 Å². The molecule has 0 radical (unpaired) electrons. The molecule has 0 unspecified atom stereocenters. The summed E-state index contributed by atoms with van der Waals surface area (Å²) >= 11 is 9.36. The second-order valence-corrected chi connectivity index (χ2v) is 8.13. The Kier molecular flexibility index (Phi) is 7.97. The predicted molar refractivity (Wildman–Crippen MR) is 131 cm³/mol. The number of hydrogen-bond acceptors (Lipinski definition) is 5. The standard InChI is InChI=1S/C24H19BrClN3O4/c1-14-19(26)11-7-12-20(14)27-22(30)23(31)29-28-15(2)16-8-4-6-13-21(16)33-24(32)17-9-3-5-10-18(17)25/h3-13H,1-2H3,(H,27,30)(H,29,31)/b28-15+. The van der Waals surface area contributed by atoms with E-state index >= 15 is 0 Å². The van der Waals surface area contributed by atoms with Crippen molar-refractivity contribution in [2.75, 3.05) is 5.32 Å². The number of halogens is 2. The highest BCUT2D eigenvalue weighted by Crippen LogP contribution is 2.24. The molecular weight excluding hydrogens is 510 g/mol. The number of amides is 2. The van der Waals surface area contributed by atoms with Gasteiger partial charge in [0.1, 0.15) is 5.75 Å². The predicted octanol–water partition coefficient (Wildman–Crippen LogP) is 5.11. The number of esters is 1. The van der Waals surface area contributed by atoms with Gasteiger partial charge < -0.3 is 10.1 Å². The highest BCUT2D eigenvalue weighted by molar-refractivity contribution is 9.10. The van der Waals surface area contributed by atoms with Crippen LogP contribution in [0.4, 0.5) is 5.69 Å². The normalized spacial score (nSPS) is 11.0. The Bertz CT molecular complexity index is 1260. The number of carbonyl (C=O) groups excluding carboxylic acids is 3. The fraction of sp³-hybridized carbons (Fsp3) is 0.0833. The summed E-state index contributed by atoms with van der Waals surface area (Å²) in [4.78, 5) is 37.0. The Morgan fingerprint density at radius 3 is 2.30 bits per heavy atom. The van der Waals surface area contributed by atoms with E-state index in [0.29, 0.717) is 37.6 Å². The maximum atomic E-state index is 12.6. The largest absolute Gasteiger partial charge is 0.422 e. The lowest BCUT2D eigenvalue weighted by atomic mass is 10.1. The molecule has 0 fully saturated rings. The van der Waals surface area contributed by atoms with Crippen LogP contribution in [0.3, 0.4) is 0 Å². The number of ether oxygens (including phenoxy) is 1. The Hall–Kier alpha value is -3.49. The van der Waals surface area contributed by atoms with Crippen LogP contribution in [0.15, 0.2) is 76.3 Å². The van der Waals surface area contributed by atoms with E-state index in [4.69, 9.17) is 16.3 Å². The zero-order valence-electron chi connectivity index (χ0n) is 17.7. The molecule has 3 rings (SSSR count). The first kappa shape index (κ1) is 24.2. The average molecular weight is 529 g/mol. The van der Waals surface area contributed by atoms with Crippen LogP contribution < -0.4 is 15.5 Å². The minimum Gasteiger partial charge on any atom is -0.422 e. The van der Waals surface area contributed by atoms with Crippen molar-refractivity contribution < 1.29 is 19.1 Å². The SMILES string of the molecule is C/C(=N\NC(=O)C(=O)Nc1cccc(Cl)c1C)c1ccccc1OC(=O)c1ccccc1Br. The van der Waals surface area contributed by atoms with Crippen molar-refractivity contribution >= 4 is 56.7 Å². The van der Waals surface area contributed by atoms with Crippen molar-refractivity contribution in [3.8, 4) is 5.75 Å². The molecule has 0 aromatic heterocycles. The lowest BCUT2D eigenvalue weighted by Crippen LogP contribution is -2.33. The van der Waals surface area contributed by atoms with Crippen LogP contribution in [0.2, 0.25) is 5.02 Å². The van der Waals surface area contributed by atoms with E-state index in [1.807, 2.05) is 0 Å². The summed E-state index contributed by atoms with van der Waals surface area (Å²) in [5.74, 6) is -2.15. The summed E-state index contributed by atoms with van der Waals surface area (Å²) in [6, 6.07) is 18.6. The summed E-state index contributed by atoms with van der Waals surface area (Å²) in [5.41, 5.74) is 4.45. The molecule has 7 nitrogen and oxygen atoms in total. The smallest absolute Gasteiger partial charge is 0.344 e. The Balaban J connectivity index is 1.71. The Morgan fingerprint density at radius 2 is 1.58 bits per heavy atom. The molecule has 0 aliphatic rings. The summed E-state index contributed by atoms with van der Waals surface area (Å²) in [5, 5.41) is 6.95. The van der Waals surface area contributed by atoms with Crippen molar-refractivity contribution in [1.82, 2.24) is 5.43 Å². The molecule has 0 atom stereocenters. The van der Waals surface area contributed by atoms with Gasteiger partial charge in [0, 0.05) is 20.7 Å². The molecule has 2 amide bonds. The van der Waals surface area contributed by atoms with Gasteiger partial charge in [-0.15, -0.1) is 0 Å². The van der Waals surface area contributed by atoms with Crippen LogP contribution in [-0.2, 0) is 9.59 Å². The Labute approximate surface area is 203 Å². The third kappa shape index (κ3) is 6.06. The van der Waals surface area contributed by atoms with E-state index in [1.54, 1.807) is 80.6 Å². The lowest BCUT2D eigenvalue weighted by molar-refractivity contribution is -0.136. The number of nitrogens with one attached hydrogen (secondary N) is 2. The van der Waals surface area contributed by atoms with Crippen LogP contribution >= 0.6 is 27.5 Å². The van der Waals surface area contributed by atoms with E-state index in [0.717, 1.165) is 0 Å². The average Bonchev–Trinajstić information content (AvgIpc) is 2.80. The van der Waals surface area contributed by atoms with Crippen molar-refractivity contribution in [2.24, 2.45) is 5.10 Å². The van der Waals surface area contributed by atoms with Crippen LogP contribution in [0.5, 0.6) is 5.75 Å². The first-order valence-electron chi connectivity index (χ1n) is 9.74. The monoisotopic (exact) mass is 527 g/mol. The molecular formula is C24H19BrClN3O4. The van der Waals surface area contributed by atoms with Gasteiger partial charge in [0.2, 0.25) is 0 Å². The first-order valence-corrected chi connectivity index (χ1v) is 10.9. The van der Waals surface area contributed by atoms with Crippen LogP contribution in [0.25, 0.3) is 0 Å². The molecule has 0 saturated heterocycles. The zero-order chi connectivity index (χ0) is 24.0. The number of anilines is 1. The number of hydrogen-bond donors (Lipinski definition) is 2. The van der Waals surface area contributed by atoms with Gasteiger partial charge in [-0.05, 0) is 71.7 Å². The van der Waals surface area contributed by atoms with Crippen molar-refractivity contribution in [1.29, 1.82) is 0 Å². The van der Waals surface area contributed by atoms with Gasteiger partial charge in [-0.1, -0.05) is 41.9 Å². The van der Waals surface area contributed by atoms with Crippen LogP contribution in [0.1, 0.15) is 28.4 Å². The molecule has 33 heavy (non-hydrogen) atoms. The highest BCUT2D eigenvalue weighted by atomic mass is 79.9. The molecule has 9 heteroatoms. The molecule has 0 saturated carbocycles. The quantitative estimate of drug-likeness (QED) is 0.158. The van der Waals surface area contributed by atoms with E-state index < -0.39 is 17.8 Å². The number of benzene rings is 3. The Morgan fingerprint density at radius 1 is 0.909 bits per heavy atom.